The van der Waals surface area contributed by atoms with Crippen LogP contribution in [0.1, 0.15) is 5.56 Å². The molecule has 26 heavy (non-hydrogen) atoms. The van der Waals surface area contributed by atoms with Crippen LogP contribution in [0.4, 0.5) is 28.7 Å². The van der Waals surface area contributed by atoms with Crippen LogP contribution in [-0.4, -0.2) is 22.0 Å². The van der Waals surface area contributed by atoms with Crippen molar-refractivity contribution in [2.75, 3.05) is 17.7 Å². The average molecular weight is 351 g/mol. The van der Waals surface area contributed by atoms with Crippen molar-refractivity contribution in [2.24, 2.45) is 0 Å². The van der Waals surface area contributed by atoms with Crippen molar-refractivity contribution in [3.63, 3.8) is 0 Å². The minimum absolute atomic E-state index is 0.0906. The maximum atomic E-state index is 11.6. The predicted octanol–water partition coefficient (Wildman–Crippen LogP) is 4.19. The lowest BCUT2D eigenvalue weighted by atomic mass is 10.2. The molecule has 2 N–H and O–H groups in total. The van der Waals surface area contributed by atoms with E-state index in [0.29, 0.717) is 17.1 Å². The van der Waals surface area contributed by atoms with Crippen LogP contribution in [0.2, 0.25) is 0 Å². The highest BCUT2D eigenvalue weighted by Gasteiger charge is 2.23. The largest absolute Gasteiger partial charge is 0.497 e. The fraction of sp³-hybridized carbons (Fsp3) is 0.111. The Balaban J connectivity index is 1.95. The number of nitrogens with one attached hydrogen (secondary N) is 2. The molecule has 8 nitrogen and oxygen atoms in total. The summed E-state index contributed by atoms with van der Waals surface area (Å²) in [6.45, 7) is 1.97. The number of hydrogen-bond donors (Lipinski definition) is 2. The van der Waals surface area contributed by atoms with Crippen LogP contribution < -0.4 is 15.4 Å². The molecule has 3 rings (SSSR count). The van der Waals surface area contributed by atoms with E-state index in [1.54, 1.807) is 31.4 Å². The third kappa shape index (κ3) is 3.86. The summed E-state index contributed by atoms with van der Waals surface area (Å²) in [5, 5.41) is 17.5. The molecule has 0 aliphatic carbocycles. The Hall–Kier alpha value is -3.68. The SMILES string of the molecule is COc1cccc(Nc2ncnc(Nc3ccc(C)cc3)c2[N+](=O)[O-])c1. The molecule has 0 fully saturated rings. The van der Waals surface area contributed by atoms with Gasteiger partial charge in [0.1, 0.15) is 12.1 Å². The van der Waals surface area contributed by atoms with Crippen molar-refractivity contribution in [2.45, 2.75) is 6.92 Å². The Bertz CT molecular complexity index is 928. The van der Waals surface area contributed by atoms with Gasteiger partial charge in [-0.15, -0.1) is 0 Å². The van der Waals surface area contributed by atoms with Crippen molar-refractivity contribution < 1.29 is 9.66 Å². The summed E-state index contributed by atoms with van der Waals surface area (Å²) in [5.74, 6) is 0.830. The molecule has 1 heterocycles. The molecule has 0 amide bonds. The zero-order valence-corrected chi connectivity index (χ0v) is 14.3. The van der Waals surface area contributed by atoms with E-state index < -0.39 is 4.92 Å². The Morgan fingerprint density at radius 3 is 2.27 bits per heavy atom. The molecule has 3 aromatic rings. The Morgan fingerprint density at radius 1 is 1.00 bits per heavy atom. The number of benzene rings is 2. The number of rotatable bonds is 6. The lowest BCUT2D eigenvalue weighted by Gasteiger charge is -2.11. The van der Waals surface area contributed by atoms with Crippen molar-refractivity contribution >= 4 is 28.7 Å². The predicted molar refractivity (Wildman–Crippen MR) is 99.4 cm³/mol. The normalized spacial score (nSPS) is 10.2. The minimum atomic E-state index is -0.515. The smallest absolute Gasteiger partial charge is 0.353 e. The number of methoxy groups -OCH3 is 1. The second kappa shape index (κ2) is 7.47. The zero-order chi connectivity index (χ0) is 18.5. The molecule has 2 aromatic carbocycles. The van der Waals surface area contributed by atoms with Crippen LogP contribution in [0, 0.1) is 17.0 Å². The summed E-state index contributed by atoms with van der Waals surface area (Å²) in [5.41, 5.74) is 2.17. The molecule has 132 valence electrons. The van der Waals surface area contributed by atoms with Gasteiger partial charge in [-0.3, -0.25) is 10.1 Å². The summed E-state index contributed by atoms with van der Waals surface area (Å²) in [6, 6.07) is 14.5. The summed E-state index contributed by atoms with van der Waals surface area (Å²) < 4.78 is 5.16. The zero-order valence-electron chi connectivity index (χ0n) is 14.3. The van der Waals surface area contributed by atoms with Gasteiger partial charge < -0.3 is 15.4 Å². The van der Waals surface area contributed by atoms with Gasteiger partial charge in [0.05, 0.1) is 12.0 Å². The lowest BCUT2D eigenvalue weighted by molar-refractivity contribution is -0.383. The van der Waals surface area contributed by atoms with Gasteiger partial charge in [-0.05, 0) is 31.2 Å². The first-order valence-corrected chi connectivity index (χ1v) is 7.81. The Morgan fingerprint density at radius 2 is 1.65 bits per heavy atom. The first-order valence-electron chi connectivity index (χ1n) is 7.81. The quantitative estimate of drug-likeness (QED) is 0.507. The summed E-state index contributed by atoms with van der Waals surface area (Å²) in [4.78, 5) is 19.2. The van der Waals surface area contributed by atoms with E-state index >= 15 is 0 Å². The van der Waals surface area contributed by atoms with Crippen molar-refractivity contribution in [1.82, 2.24) is 9.97 Å². The number of aryl methyl sites for hydroxylation is 1. The van der Waals surface area contributed by atoms with E-state index in [4.69, 9.17) is 4.74 Å². The van der Waals surface area contributed by atoms with E-state index in [1.165, 1.54) is 6.33 Å². The number of nitro groups is 1. The van der Waals surface area contributed by atoms with Gasteiger partial charge in [0.15, 0.2) is 0 Å². The van der Waals surface area contributed by atoms with Crippen LogP contribution in [-0.2, 0) is 0 Å². The standard InChI is InChI=1S/C18H17N5O3/c1-12-6-8-13(9-7-12)21-17-16(23(24)25)18(20-11-19-17)22-14-4-3-5-15(10-14)26-2/h3-11H,1-2H3,(H2,19,20,21,22). The number of nitrogens with zero attached hydrogens (tertiary/aromatic N) is 3. The summed E-state index contributed by atoms with van der Waals surface area (Å²) >= 11 is 0. The Labute approximate surface area is 150 Å². The van der Waals surface area contributed by atoms with Gasteiger partial charge in [-0.2, -0.15) is 0 Å². The minimum Gasteiger partial charge on any atom is -0.497 e. The van der Waals surface area contributed by atoms with E-state index in [1.807, 2.05) is 31.2 Å². The number of aromatic nitrogens is 2. The van der Waals surface area contributed by atoms with Crippen molar-refractivity contribution in [1.29, 1.82) is 0 Å². The molecular weight excluding hydrogens is 334 g/mol. The van der Waals surface area contributed by atoms with Gasteiger partial charge in [0.2, 0.25) is 11.6 Å². The van der Waals surface area contributed by atoms with Gasteiger partial charge >= 0.3 is 5.69 Å². The monoisotopic (exact) mass is 351 g/mol. The topological polar surface area (TPSA) is 102 Å². The van der Waals surface area contributed by atoms with Crippen LogP contribution in [0.25, 0.3) is 0 Å². The van der Waals surface area contributed by atoms with Gasteiger partial charge in [-0.1, -0.05) is 23.8 Å². The van der Waals surface area contributed by atoms with Gasteiger partial charge in [0.25, 0.3) is 0 Å². The second-order valence-corrected chi connectivity index (χ2v) is 5.52. The van der Waals surface area contributed by atoms with Gasteiger partial charge in [0, 0.05) is 17.4 Å². The highest BCUT2D eigenvalue weighted by Crippen LogP contribution is 2.33. The third-order valence-electron chi connectivity index (χ3n) is 3.65. The van der Waals surface area contributed by atoms with Crippen LogP contribution >= 0.6 is 0 Å². The molecule has 8 heteroatoms. The fourth-order valence-corrected chi connectivity index (χ4v) is 2.35. The van der Waals surface area contributed by atoms with E-state index in [2.05, 4.69) is 20.6 Å². The average Bonchev–Trinajstić information content (AvgIpc) is 2.64. The molecule has 0 aliphatic rings. The molecule has 0 saturated heterocycles. The molecule has 0 atom stereocenters. The van der Waals surface area contributed by atoms with E-state index in [9.17, 15) is 10.1 Å². The lowest BCUT2D eigenvalue weighted by Crippen LogP contribution is -2.05. The molecule has 0 saturated carbocycles. The highest BCUT2D eigenvalue weighted by atomic mass is 16.6. The number of hydrogen-bond acceptors (Lipinski definition) is 7. The fourth-order valence-electron chi connectivity index (χ4n) is 2.35. The van der Waals surface area contributed by atoms with Crippen molar-refractivity contribution in [3.8, 4) is 5.75 Å². The Kier molecular flexibility index (Phi) is 4.93. The highest BCUT2D eigenvalue weighted by molar-refractivity contribution is 5.77. The molecule has 0 bridgehead atoms. The molecule has 0 spiro atoms. The van der Waals surface area contributed by atoms with Crippen molar-refractivity contribution in [3.05, 3.63) is 70.5 Å². The molecule has 0 aliphatic heterocycles. The first kappa shape index (κ1) is 17.2. The van der Waals surface area contributed by atoms with Crippen LogP contribution in [0.3, 0.4) is 0 Å². The van der Waals surface area contributed by atoms with E-state index in [-0.39, 0.29) is 17.3 Å². The van der Waals surface area contributed by atoms with Crippen LogP contribution in [0.5, 0.6) is 5.75 Å². The van der Waals surface area contributed by atoms with Gasteiger partial charge in [-0.25, -0.2) is 9.97 Å². The molecule has 0 unspecified atom stereocenters. The maximum Gasteiger partial charge on any atom is 0.353 e. The molecule has 1 aromatic heterocycles. The molecule has 0 radical (unpaired) electrons. The second-order valence-electron chi connectivity index (χ2n) is 5.52. The number of ether oxygens (including phenoxy) is 1. The number of anilines is 4. The van der Waals surface area contributed by atoms with E-state index in [0.717, 1.165) is 5.56 Å². The molecular formula is C18H17N5O3. The summed E-state index contributed by atoms with van der Waals surface area (Å²) in [6.07, 6.45) is 1.27. The van der Waals surface area contributed by atoms with Crippen LogP contribution in [0.15, 0.2) is 54.9 Å². The maximum absolute atomic E-state index is 11.6. The third-order valence-corrected chi connectivity index (χ3v) is 3.65. The first-order chi connectivity index (χ1) is 12.6. The summed E-state index contributed by atoms with van der Waals surface area (Å²) in [7, 11) is 1.55.